The molecule has 1 aliphatic carbocycles. The maximum absolute atomic E-state index is 6.24. The van der Waals surface area contributed by atoms with Crippen LogP contribution in [0, 0.1) is 3.70 Å². The molecule has 86 valence electrons. The third-order valence-electron chi connectivity index (χ3n) is 3.23. The zero-order valence-corrected chi connectivity index (χ0v) is 11.5. The monoisotopic (exact) mass is 350 g/mol. The molecule has 0 aromatic carbocycles. The summed E-state index contributed by atoms with van der Waals surface area (Å²) in [5, 5.41) is 1.90. The van der Waals surface area contributed by atoms with Crippen LogP contribution in [0.3, 0.4) is 0 Å². The molecule has 16 heavy (non-hydrogen) atoms. The van der Waals surface area contributed by atoms with Crippen LogP contribution in [0.15, 0.2) is 6.20 Å². The van der Waals surface area contributed by atoms with E-state index in [0.29, 0.717) is 5.92 Å². The highest BCUT2D eigenvalue weighted by Gasteiger charge is 2.36. The van der Waals surface area contributed by atoms with Crippen molar-refractivity contribution in [2.75, 3.05) is 0 Å². The summed E-state index contributed by atoms with van der Waals surface area (Å²) in [5.74, 6) is 1.66. The van der Waals surface area contributed by atoms with Gasteiger partial charge in [-0.3, -0.25) is 5.73 Å². The number of fused-ring (bicyclic) bond motifs is 1. The van der Waals surface area contributed by atoms with Crippen LogP contribution in [0.4, 0.5) is 0 Å². The molecule has 1 saturated carbocycles. The zero-order chi connectivity index (χ0) is 11.3. The summed E-state index contributed by atoms with van der Waals surface area (Å²) in [6.45, 7) is 0. The molecule has 4 nitrogen and oxygen atoms in total. The molecule has 0 saturated heterocycles. The first-order valence-corrected chi connectivity index (χ1v) is 6.75. The Labute approximate surface area is 112 Å². The average Bonchev–Trinajstić information content (AvgIpc) is 2.41. The van der Waals surface area contributed by atoms with Gasteiger partial charge in [0.05, 0.1) is 0 Å². The fourth-order valence-corrected chi connectivity index (χ4v) is 3.49. The molecule has 1 aromatic heterocycles. The molecule has 3 rings (SSSR count). The summed E-state index contributed by atoms with van der Waals surface area (Å²) in [7, 11) is 0. The lowest BCUT2D eigenvalue weighted by atomic mass is 9.85. The molecule has 2 heterocycles. The van der Waals surface area contributed by atoms with Gasteiger partial charge in [-0.2, -0.15) is 0 Å². The number of nitrogens with zero attached hydrogens (tertiary/aromatic N) is 2. The van der Waals surface area contributed by atoms with E-state index in [-0.39, 0.29) is 0 Å². The van der Waals surface area contributed by atoms with Crippen molar-refractivity contribution in [1.82, 2.24) is 14.9 Å². The number of hydrogen-bond donors (Lipinski definition) is 2. The van der Waals surface area contributed by atoms with Crippen LogP contribution in [0.1, 0.15) is 36.7 Å². The van der Waals surface area contributed by atoms with E-state index in [0.717, 1.165) is 15.2 Å². The lowest BCUT2D eigenvalue weighted by Crippen LogP contribution is -2.46. The highest BCUT2D eigenvalue weighted by Crippen LogP contribution is 2.39. The Morgan fingerprint density at radius 1 is 1.62 bits per heavy atom. The van der Waals surface area contributed by atoms with Gasteiger partial charge in [-0.15, -0.1) is 0 Å². The van der Waals surface area contributed by atoms with Crippen LogP contribution in [0.25, 0.3) is 6.20 Å². The molecule has 0 spiro atoms. The van der Waals surface area contributed by atoms with E-state index in [4.69, 9.17) is 17.3 Å². The van der Waals surface area contributed by atoms with E-state index in [1.807, 2.05) is 10.8 Å². The summed E-state index contributed by atoms with van der Waals surface area (Å²) >= 11 is 8.43. The van der Waals surface area contributed by atoms with Gasteiger partial charge in [0.2, 0.25) is 5.12 Å². The molecule has 0 amide bonds. The van der Waals surface area contributed by atoms with E-state index < -0.39 is 5.12 Å². The topological polar surface area (TPSA) is 55.9 Å². The maximum Gasteiger partial charge on any atom is 0.208 e. The van der Waals surface area contributed by atoms with Gasteiger partial charge in [-0.1, -0.05) is 18.0 Å². The molecular weight excluding hydrogens is 338 g/mol. The molecule has 6 heteroatoms. The summed E-state index contributed by atoms with van der Waals surface area (Å²) < 4.78 is 2.92. The number of alkyl halides is 1. The van der Waals surface area contributed by atoms with E-state index in [1.54, 1.807) is 6.20 Å². The largest absolute Gasteiger partial charge is 0.355 e. The Morgan fingerprint density at radius 2 is 2.38 bits per heavy atom. The fraction of sp³-hybridized carbons (Fsp3) is 0.500. The molecule has 1 fully saturated rings. The van der Waals surface area contributed by atoms with Crippen molar-refractivity contribution in [2.24, 2.45) is 5.73 Å². The number of nitrogens with two attached hydrogens (primary N) is 1. The lowest BCUT2D eigenvalue weighted by Gasteiger charge is -2.30. The summed E-state index contributed by atoms with van der Waals surface area (Å²) in [6.07, 6.45) is 7.45. The molecule has 0 radical (unpaired) electrons. The average molecular weight is 351 g/mol. The van der Waals surface area contributed by atoms with Crippen molar-refractivity contribution in [3.8, 4) is 0 Å². The Morgan fingerprint density at radius 3 is 3.00 bits per heavy atom. The van der Waals surface area contributed by atoms with Crippen molar-refractivity contribution < 1.29 is 0 Å². The number of nitrogens with one attached hydrogen (secondary N) is 1. The van der Waals surface area contributed by atoms with Crippen LogP contribution in [-0.2, 0) is 5.12 Å². The van der Waals surface area contributed by atoms with Gasteiger partial charge in [0.25, 0.3) is 0 Å². The SMILES string of the molecule is NC1(Cl)NC=Cn2c(C3CCC3)nc(I)c21. The third kappa shape index (κ3) is 1.48. The number of rotatable bonds is 1. The van der Waals surface area contributed by atoms with Crippen LogP contribution in [0.2, 0.25) is 0 Å². The first-order chi connectivity index (χ1) is 7.59. The molecule has 1 aromatic rings. The van der Waals surface area contributed by atoms with Gasteiger partial charge in [0, 0.05) is 18.3 Å². The Hall–Kier alpha value is -0.270. The smallest absolute Gasteiger partial charge is 0.208 e. The van der Waals surface area contributed by atoms with E-state index >= 15 is 0 Å². The summed E-state index contributed by atoms with van der Waals surface area (Å²) in [4.78, 5) is 4.60. The van der Waals surface area contributed by atoms with E-state index in [2.05, 4.69) is 32.9 Å². The minimum absolute atomic E-state index is 0.567. The normalized spacial score (nSPS) is 28.4. The van der Waals surface area contributed by atoms with Gasteiger partial charge in [-0.25, -0.2) is 4.98 Å². The highest BCUT2D eigenvalue weighted by atomic mass is 127. The fourth-order valence-electron chi connectivity index (χ4n) is 2.15. The van der Waals surface area contributed by atoms with Crippen LogP contribution in [-0.4, -0.2) is 9.55 Å². The number of imidazole rings is 1. The summed E-state index contributed by atoms with van der Waals surface area (Å²) in [5.41, 5.74) is 6.85. The van der Waals surface area contributed by atoms with Gasteiger partial charge >= 0.3 is 0 Å². The first kappa shape index (κ1) is 10.9. The van der Waals surface area contributed by atoms with Crippen LogP contribution < -0.4 is 11.1 Å². The van der Waals surface area contributed by atoms with Crippen molar-refractivity contribution in [1.29, 1.82) is 0 Å². The van der Waals surface area contributed by atoms with Crippen molar-refractivity contribution in [2.45, 2.75) is 30.3 Å². The Balaban J connectivity index is 2.14. The molecular formula is C10H12ClIN4. The minimum Gasteiger partial charge on any atom is -0.355 e. The second kappa shape index (κ2) is 3.61. The van der Waals surface area contributed by atoms with Gasteiger partial charge in [0.1, 0.15) is 15.2 Å². The number of aromatic nitrogens is 2. The predicted molar refractivity (Wildman–Crippen MR) is 71.7 cm³/mol. The van der Waals surface area contributed by atoms with Crippen LogP contribution in [0.5, 0.6) is 0 Å². The highest BCUT2D eigenvalue weighted by molar-refractivity contribution is 14.1. The third-order valence-corrected chi connectivity index (χ3v) is 4.27. The zero-order valence-electron chi connectivity index (χ0n) is 8.58. The van der Waals surface area contributed by atoms with Crippen molar-refractivity contribution in [3.63, 3.8) is 0 Å². The Bertz CT molecular complexity index is 462. The van der Waals surface area contributed by atoms with E-state index in [1.165, 1.54) is 19.3 Å². The standard InChI is InChI=1S/C10H12ClIN4/c11-10(13)7-8(12)15-9(6-2-1-3-6)16(7)5-4-14-10/h4-6,14H,1-3,13H2. The van der Waals surface area contributed by atoms with Crippen molar-refractivity contribution >= 4 is 40.4 Å². The van der Waals surface area contributed by atoms with Crippen LogP contribution >= 0.6 is 34.2 Å². The van der Waals surface area contributed by atoms with E-state index in [9.17, 15) is 0 Å². The second-order valence-corrected chi connectivity index (χ2v) is 5.90. The summed E-state index contributed by atoms with van der Waals surface area (Å²) in [6, 6.07) is 0. The molecule has 0 bridgehead atoms. The number of halogens is 2. The molecule has 2 aliphatic rings. The first-order valence-electron chi connectivity index (χ1n) is 5.30. The lowest BCUT2D eigenvalue weighted by molar-refractivity contribution is 0.395. The van der Waals surface area contributed by atoms with Gasteiger partial charge in [0.15, 0.2) is 0 Å². The molecule has 1 atom stereocenters. The van der Waals surface area contributed by atoms with Gasteiger partial charge in [-0.05, 0) is 35.4 Å². The predicted octanol–water partition coefficient (Wildman–Crippen LogP) is 2.09. The quantitative estimate of drug-likeness (QED) is 0.463. The minimum atomic E-state index is -1.04. The molecule has 3 N–H and O–H groups in total. The molecule has 1 unspecified atom stereocenters. The van der Waals surface area contributed by atoms with Gasteiger partial charge < -0.3 is 9.88 Å². The molecule has 1 aliphatic heterocycles. The maximum atomic E-state index is 6.24. The van der Waals surface area contributed by atoms with Crippen molar-refractivity contribution in [3.05, 3.63) is 21.4 Å². The Kier molecular flexibility index (Phi) is 2.45. The number of hydrogen-bond acceptors (Lipinski definition) is 3. The second-order valence-electron chi connectivity index (χ2n) is 4.28.